The van der Waals surface area contributed by atoms with Gasteiger partial charge in [0.25, 0.3) is 5.56 Å². The predicted octanol–water partition coefficient (Wildman–Crippen LogP) is 0.698. The number of hydrogen-bond donors (Lipinski definition) is 2. The second kappa shape index (κ2) is 7.06. The smallest absolute Gasteiger partial charge is 0.303 e. The van der Waals surface area contributed by atoms with Crippen molar-refractivity contribution in [2.45, 2.75) is 31.7 Å². The van der Waals surface area contributed by atoms with Gasteiger partial charge in [0.15, 0.2) is 0 Å². The van der Waals surface area contributed by atoms with Gasteiger partial charge in [-0.2, -0.15) is 0 Å². The van der Waals surface area contributed by atoms with Crippen LogP contribution in [0.3, 0.4) is 0 Å². The zero-order valence-electron chi connectivity index (χ0n) is 15.2. The number of rotatable bonds is 4. The number of anilines is 1. The maximum Gasteiger partial charge on any atom is 0.303 e. The summed E-state index contributed by atoms with van der Waals surface area (Å²) < 4.78 is 1.78. The Bertz CT molecular complexity index is 1000. The number of amides is 1. The highest BCUT2D eigenvalue weighted by atomic mass is 16.4. The fourth-order valence-corrected chi connectivity index (χ4v) is 4.21. The Hall–Kier alpha value is -3.23. The molecular weight excluding hydrogens is 362 g/mol. The molecule has 1 saturated heterocycles. The Labute approximate surface area is 160 Å². The summed E-state index contributed by atoms with van der Waals surface area (Å²) in [5, 5.41) is 8.81. The molecule has 4 heterocycles. The molecule has 146 valence electrons. The largest absolute Gasteiger partial charge is 0.481 e. The summed E-state index contributed by atoms with van der Waals surface area (Å²) in [7, 11) is 0. The molecule has 0 aromatic carbocycles. The summed E-state index contributed by atoms with van der Waals surface area (Å²) >= 11 is 0. The monoisotopic (exact) mass is 383 g/mol. The SMILES string of the molecule is Nc1cc(-c2cc3n(c(=O)c2)C[C@H]2C[C@@H]3CN(C(=O)CCC(=O)O)C2)ncn1. The summed E-state index contributed by atoms with van der Waals surface area (Å²) in [6.45, 7) is 1.61. The molecule has 0 spiro atoms. The molecule has 1 fully saturated rings. The van der Waals surface area contributed by atoms with E-state index in [9.17, 15) is 14.4 Å². The van der Waals surface area contributed by atoms with Crippen LogP contribution in [0.15, 0.2) is 29.3 Å². The van der Waals surface area contributed by atoms with E-state index >= 15 is 0 Å². The molecule has 9 heteroatoms. The number of pyridine rings is 1. The number of hydrogen-bond acceptors (Lipinski definition) is 6. The third-order valence-electron chi connectivity index (χ3n) is 5.45. The summed E-state index contributed by atoms with van der Waals surface area (Å²) in [5.41, 5.74) is 7.78. The molecule has 3 N–H and O–H groups in total. The van der Waals surface area contributed by atoms with Gasteiger partial charge in [-0.3, -0.25) is 14.4 Å². The maximum absolute atomic E-state index is 12.7. The van der Waals surface area contributed by atoms with Crippen molar-refractivity contribution >= 4 is 17.7 Å². The zero-order valence-corrected chi connectivity index (χ0v) is 15.2. The van der Waals surface area contributed by atoms with Crippen molar-refractivity contribution in [3.8, 4) is 11.3 Å². The van der Waals surface area contributed by atoms with Crippen molar-refractivity contribution in [3.63, 3.8) is 0 Å². The third kappa shape index (κ3) is 3.47. The van der Waals surface area contributed by atoms with Crippen LogP contribution in [0, 0.1) is 5.92 Å². The number of carboxylic acids is 1. The number of nitrogens with zero attached hydrogens (tertiary/aromatic N) is 4. The molecule has 4 rings (SSSR count). The highest BCUT2D eigenvalue weighted by Gasteiger charge is 2.36. The standard InChI is InChI=1S/C19H21N5O4/c20-16-6-14(21-10-22-16)12-4-15-13-3-11(8-24(15)18(26)5-12)7-23(9-13)17(25)1-2-19(27)28/h4-6,10-11,13H,1-3,7-9H2,(H,27,28)(H2,20,21,22)/t11-,13+/m0/s1. The van der Waals surface area contributed by atoms with Crippen molar-refractivity contribution in [3.05, 3.63) is 40.6 Å². The number of nitrogen functional groups attached to an aromatic ring is 1. The fourth-order valence-electron chi connectivity index (χ4n) is 4.21. The number of likely N-dealkylation sites (tertiary alicyclic amines) is 1. The number of fused-ring (bicyclic) bond motifs is 4. The van der Waals surface area contributed by atoms with E-state index in [2.05, 4.69) is 9.97 Å². The van der Waals surface area contributed by atoms with Crippen LogP contribution >= 0.6 is 0 Å². The third-order valence-corrected chi connectivity index (χ3v) is 5.45. The lowest BCUT2D eigenvalue weighted by Crippen LogP contribution is -2.49. The van der Waals surface area contributed by atoms with E-state index in [1.807, 2.05) is 6.07 Å². The van der Waals surface area contributed by atoms with Crippen LogP contribution in [0.2, 0.25) is 0 Å². The summed E-state index contributed by atoms with van der Waals surface area (Å²) in [5.74, 6) is -0.564. The number of carboxylic acid groups (broad SMARTS) is 1. The Morgan fingerprint density at radius 3 is 2.71 bits per heavy atom. The van der Waals surface area contributed by atoms with Gasteiger partial charge in [0.2, 0.25) is 5.91 Å². The van der Waals surface area contributed by atoms with Crippen molar-refractivity contribution < 1.29 is 14.7 Å². The van der Waals surface area contributed by atoms with E-state index < -0.39 is 5.97 Å². The van der Waals surface area contributed by atoms with Gasteiger partial charge < -0.3 is 20.3 Å². The van der Waals surface area contributed by atoms with E-state index in [0.29, 0.717) is 36.7 Å². The topological polar surface area (TPSA) is 131 Å². The number of aromatic nitrogens is 3. The molecule has 2 aromatic rings. The lowest BCUT2D eigenvalue weighted by molar-refractivity contribution is -0.141. The number of aliphatic carboxylic acids is 1. The lowest BCUT2D eigenvalue weighted by atomic mass is 9.82. The average molecular weight is 383 g/mol. The molecular formula is C19H21N5O4. The fraction of sp³-hybridized carbons (Fsp3) is 0.421. The first-order valence-corrected chi connectivity index (χ1v) is 9.23. The Kier molecular flexibility index (Phi) is 4.58. The molecule has 28 heavy (non-hydrogen) atoms. The molecule has 0 aliphatic carbocycles. The highest BCUT2D eigenvalue weighted by Crippen LogP contribution is 2.36. The minimum atomic E-state index is -0.976. The van der Waals surface area contributed by atoms with Gasteiger partial charge in [-0.1, -0.05) is 0 Å². The summed E-state index contributed by atoms with van der Waals surface area (Å²) in [4.78, 5) is 45.7. The van der Waals surface area contributed by atoms with Crippen LogP contribution in [0.25, 0.3) is 11.3 Å². The molecule has 9 nitrogen and oxygen atoms in total. The molecule has 2 aromatic heterocycles. The van der Waals surface area contributed by atoms with E-state index in [1.54, 1.807) is 21.6 Å². The second-order valence-electron chi connectivity index (χ2n) is 7.44. The quantitative estimate of drug-likeness (QED) is 0.794. The molecule has 0 saturated carbocycles. The average Bonchev–Trinajstić information content (AvgIpc) is 2.66. The van der Waals surface area contributed by atoms with Crippen molar-refractivity contribution in [1.82, 2.24) is 19.4 Å². The minimum absolute atomic E-state index is 0.00182. The first-order chi connectivity index (χ1) is 13.4. The molecule has 2 aliphatic heterocycles. The first kappa shape index (κ1) is 18.1. The van der Waals surface area contributed by atoms with Crippen molar-refractivity contribution in [2.75, 3.05) is 18.8 Å². The minimum Gasteiger partial charge on any atom is -0.481 e. The number of nitrogens with two attached hydrogens (primary N) is 1. The Morgan fingerprint density at radius 1 is 1.14 bits per heavy atom. The van der Waals surface area contributed by atoms with Gasteiger partial charge in [-0.25, -0.2) is 9.97 Å². The van der Waals surface area contributed by atoms with Crippen LogP contribution < -0.4 is 11.3 Å². The van der Waals surface area contributed by atoms with E-state index in [0.717, 1.165) is 12.1 Å². The van der Waals surface area contributed by atoms with E-state index in [4.69, 9.17) is 10.8 Å². The van der Waals surface area contributed by atoms with Crippen LogP contribution in [0.4, 0.5) is 5.82 Å². The van der Waals surface area contributed by atoms with Crippen LogP contribution in [-0.4, -0.2) is 49.5 Å². The summed E-state index contributed by atoms with van der Waals surface area (Å²) in [6.07, 6.45) is 2.10. The molecule has 2 bridgehead atoms. The Morgan fingerprint density at radius 2 is 1.96 bits per heavy atom. The molecule has 0 radical (unpaired) electrons. The summed E-state index contributed by atoms with van der Waals surface area (Å²) in [6, 6.07) is 5.12. The van der Waals surface area contributed by atoms with Gasteiger partial charge in [0.05, 0.1) is 12.1 Å². The molecule has 1 amide bonds. The van der Waals surface area contributed by atoms with E-state index in [-0.39, 0.29) is 36.1 Å². The van der Waals surface area contributed by atoms with Crippen molar-refractivity contribution in [2.24, 2.45) is 5.92 Å². The van der Waals surface area contributed by atoms with E-state index in [1.165, 1.54) is 6.33 Å². The van der Waals surface area contributed by atoms with Gasteiger partial charge in [-0.05, 0) is 18.4 Å². The molecule has 2 atom stereocenters. The molecule has 2 aliphatic rings. The maximum atomic E-state index is 12.7. The van der Waals surface area contributed by atoms with Crippen molar-refractivity contribution in [1.29, 1.82) is 0 Å². The van der Waals surface area contributed by atoms with Gasteiger partial charge >= 0.3 is 5.97 Å². The number of carbonyl (C=O) groups is 2. The van der Waals surface area contributed by atoms with Gasteiger partial charge in [0.1, 0.15) is 12.1 Å². The highest BCUT2D eigenvalue weighted by molar-refractivity contribution is 5.81. The lowest BCUT2D eigenvalue weighted by Gasteiger charge is -2.43. The van der Waals surface area contributed by atoms with Gasteiger partial charge in [-0.15, -0.1) is 0 Å². The zero-order chi connectivity index (χ0) is 19.8. The Balaban J connectivity index is 1.63. The predicted molar refractivity (Wildman–Crippen MR) is 100 cm³/mol. The van der Waals surface area contributed by atoms with Gasteiger partial charge in [0, 0.05) is 55.4 Å². The van der Waals surface area contributed by atoms with Crippen LogP contribution in [0.1, 0.15) is 30.9 Å². The normalized spacial score (nSPS) is 20.5. The molecule has 0 unspecified atom stereocenters. The van der Waals surface area contributed by atoms with Crippen LogP contribution in [-0.2, 0) is 16.1 Å². The number of carbonyl (C=O) groups excluding carboxylic acids is 1. The van der Waals surface area contributed by atoms with Crippen LogP contribution in [0.5, 0.6) is 0 Å². The second-order valence-corrected chi connectivity index (χ2v) is 7.44. The number of piperidine rings is 1. The first-order valence-electron chi connectivity index (χ1n) is 9.23.